The van der Waals surface area contributed by atoms with Gasteiger partial charge in [0, 0.05) is 5.57 Å². The highest BCUT2D eigenvalue weighted by molar-refractivity contribution is 5.86. The summed E-state index contributed by atoms with van der Waals surface area (Å²) < 4.78 is 10.7. The van der Waals surface area contributed by atoms with Crippen molar-refractivity contribution in [3.8, 4) is 5.75 Å². The van der Waals surface area contributed by atoms with E-state index in [0.717, 1.165) is 22.3 Å². The number of benzene rings is 4. The molecule has 0 atom stereocenters. The third-order valence-electron chi connectivity index (χ3n) is 9.00. The first-order chi connectivity index (χ1) is 22.8. The van der Waals surface area contributed by atoms with Crippen molar-refractivity contribution in [2.75, 3.05) is 13.2 Å². The minimum atomic E-state index is -0.669. The van der Waals surface area contributed by atoms with Crippen molar-refractivity contribution in [3.05, 3.63) is 148 Å². The molecule has 4 aromatic rings. The van der Waals surface area contributed by atoms with Crippen molar-refractivity contribution in [2.45, 2.75) is 90.9 Å². The predicted octanol–water partition coefficient (Wildman–Crippen LogP) is 10.2. The lowest BCUT2D eigenvalue weighted by Gasteiger charge is -2.38. The highest BCUT2D eigenvalue weighted by Crippen LogP contribution is 2.47. The Morgan fingerprint density at radius 3 is 1.16 bits per heavy atom. The largest absolute Gasteiger partial charge is 0.460 e. The zero-order valence-corrected chi connectivity index (χ0v) is 31.0. The van der Waals surface area contributed by atoms with Gasteiger partial charge in [0.15, 0.2) is 0 Å². The summed E-state index contributed by atoms with van der Waals surface area (Å²) in [5, 5.41) is 2.63. The Balaban J connectivity index is 1.83. The number of amides is 1. The molecule has 0 aromatic heterocycles. The molecule has 0 radical (unpaired) electrons. The fourth-order valence-electron chi connectivity index (χ4n) is 6.00. The van der Waals surface area contributed by atoms with E-state index in [1.807, 2.05) is 24.3 Å². The third kappa shape index (κ3) is 8.70. The van der Waals surface area contributed by atoms with Gasteiger partial charge in [0.25, 0.3) is 0 Å². The van der Waals surface area contributed by atoms with Crippen molar-refractivity contribution in [2.24, 2.45) is 0 Å². The van der Waals surface area contributed by atoms with Gasteiger partial charge in [-0.3, -0.25) is 0 Å². The Labute approximate surface area is 293 Å². The predicted molar refractivity (Wildman–Crippen MR) is 201 cm³/mol. The molecule has 0 aliphatic rings. The van der Waals surface area contributed by atoms with Crippen LogP contribution in [0.25, 0.3) is 0 Å². The Kier molecular flexibility index (Phi) is 11.0. The van der Waals surface area contributed by atoms with E-state index in [1.165, 1.54) is 16.7 Å². The first kappa shape index (κ1) is 37.2. The molecule has 0 aliphatic carbocycles. The summed E-state index contributed by atoms with van der Waals surface area (Å²) in [6, 6.07) is 34.8. The molecule has 0 fully saturated rings. The highest BCUT2D eigenvalue weighted by atomic mass is 16.6. The maximum atomic E-state index is 12.6. The Hall–Kier alpha value is -4.64. The number of nitrogens with one attached hydrogen (secondary N) is 1. The molecule has 5 nitrogen and oxygen atoms in total. The molecule has 0 saturated heterocycles. The molecular weight excluding hydrogens is 606 g/mol. The van der Waals surface area contributed by atoms with Gasteiger partial charge in [-0.25, -0.2) is 9.59 Å². The second-order valence-electron chi connectivity index (χ2n) is 16.0. The van der Waals surface area contributed by atoms with Gasteiger partial charge in [-0.05, 0) is 74.2 Å². The van der Waals surface area contributed by atoms with E-state index in [9.17, 15) is 9.59 Å². The molecule has 258 valence electrons. The summed E-state index contributed by atoms with van der Waals surface area (Å²) in [5.41, 5.74) is 7.93. The van der Waals surface area contributed by atoms with Crippen LogP contribution in [0.5, 0.6) is 5.75 Å². The summed E-state index contributed by atoms with van der Waals surface area (Å²) in [5.74, 6) is -0.0910. The van der Waals surface area contributed by atoms with E-state index in [1.54, 1.807) is 6.92 Å². The zero-order chi connectivity index (χ0) is 36.2. The lowest BCUT2D eigenvalue weighted by molar-refractivity contribution is -0.138. The van der Waals surface area contributed by atoms with Crippen LogP contribution in [0.3, 0.4) is 0 Å². The smallest absolute Gasteiger partial charge is 0.412 e. The second-order valence-corrected chi connectivity index (χ2v) is 16.0. The van der Waals surface area contributed by atoms with Crippen LogP contribution in [0.4, 0.5) is 4.79 Å². The molecule has 4 rings (SSSR count). The van der Waals surface area contributed by atoms with Crippen LogP contribution in [-0.4, -0.2) is 25.2 Å². The van der Waals surface area contributed by atoms with Crippen molar-refractivity contribution >= 4 is 12.1 Å². The van der Waals surface area contributed by atoms with E-state index in [4.69, 9.17) is 9.47 Å². The summed E-state index contributed by atoms with van der Waals surface area (Å²) in [7, 11) is 0. The highest BCUT2D eigenvalue weighted by Gasteiger charge is 2.39. The van der Waals surface area contributed by atoms with Crippen LogP contribution in [0.15, 0.2) is 109 Å². The van der Waals surface area contributed by atoms with Crippen molar-refractivity contribution < 1.29 is 19.1 Å². The van der Waals surface area contributed by atoms with Crippen LogP contribution in [0.1, 0.15) is 108 Å². The maximum absolute atomic E-state index is 12.6. The molecule has 5 heteroatoms. The zero-order valence-electron chi connectivity index (χ0n) is 31.0. The van der Waals surface area contributed by atoms with Crippen molar-refractivity contribution in [1.82, 2.24) is 5.32 Å². The van der Waals surface area contributed by atoms with Gasteiger partial charge in [-0.15, -0.1) is 0 Å². The average molecular weight is 660 g/mol. The minimum Gasteiger partial charge on any atom is -0.460 e. The molecule has 4 aromatic carbocycles. The molecule has 0 aliphatic heterocycles. The molecule has 0 spiro atoms. The van der Waals surface area contributed by atoms with Crippen LogP contribution >= 0.6 is 0 Å². The topological polar surface area (TPSA) is 64.6 Å². The molecule has 1 amide bonds. The number of hydrogen-bond acceptors (Lipinski definition) is 4. The van der Waals surface area contributed by atoms with Gasteiger partial charge < -0.3 is 14.8 Å². The molecule has 1 N–H and O–H groups in total. The van der Waals surface area contributed by atoms with Gasteiger partial charge in [0.2, 0.25) is 0 Å². The number of ether oxygens (including phenoxy) is 2. The van der Waals surface area contributed by atoms with Gasteiger partial charge in [0.05, 0.1) is 12.0 Å². The Morgan fingerprint density at radius 2 is 0.857 bits per heavy atom. The standard InChI is InChI=1S/C44H53NO4/c1-30(2)39(46)48-29-28-45-40(47)49-38-26-24-37(25-27-38)44(34-18-12-31(13-19-34)41(3,4)5,35-20-14-32(15-21-35)42(6,7)8)36-22-16-33(17-23-36)43(9,10)11/h12-27H,1,28-29H2,2-11H3,(H,45,47). The molecule has 49 heavy (non-hydrogen) atoms. The van der Waals surface area contributed by atoms with E-state index in [0.29, 0.717) is 11.3 Å². The number of hydrogen-bond donors (Lipinski definition) is 1. The number of esters is 1. The van der Waals surface area contributed by atoms with Gasteiger partial charge in [0.1, 0.15) is 12.4 Å². The Morgan fingerprint density at radius 1 is 0.551 bits per heavy atom. The normalized spacial score (nSPS) is 12.3. The molecular formula is C44H53NO4. The second kappa shape index (κ2) is 14.5. The van der Waals surface area contributed by atoms with Crippen LogP contribution in [0, 0.1) is 0 Å². The number of carbonyl (C=O) groups excluding carboxylic acids is 2. The maximum Gasteiger partial charge on any atom is 0.412 e. The number of carbonyl (C=O) groups is 2. The fourth-order valence-corrected chi connectivity index (χ4v) is 6.00. The van der Waals surface area contributed by atoms with Crippen LogP contribution < -0.4 is 10.1 Å². The first-order valence-corrected chi connectivity index (χ1v) is 17.1. The summed E-state index contributed by atoms with van der Waals surface area (Å²) >= 11 is 0. The van der Waals surface area contributed by atoms with Gasteiger partial charge in [-0.1, -0.05) is 154 Å². The lowest BCUT2D eigenvalue weighted by Crippen LogP contribution is -2.32. The van der Waals surface area contributed by atoms with E-state index >= 15 is 0 Å². The first-order valence-electron chi connectivity index (χ1n) is 17.1. The van der Waals surface area contributed by atoms with Gasteiger partial charge in [-0.2, -0.15) is 0 Å². The summed E-state index contributed by atoms with van der Waals surface area (Å²) in [6.07, 6.45) is -0.626. The van der Waals surface area contributed by atoms with E-state index in [-0.39, 0.29) is 29.4 Å². The van der Waals surface area contributed by atoms with E-state index < -0.39 is 17.5 Å². The molecule has 0 heterocycles. The Bertz CT molecular complexity index is 1610. The van der Waals surface area contributed by atoms with Crippen LogP contribution in [0.2, 0.25) is 0 Å². The van der Waals surface area contributed by atoms with Crippen molar-refractivity contribution in [3.63, 3.8) is 0 Å². The quantitative estimate of drug-likeness (QED) is 0.0841. The van der Waals surface area contributed by atoms with Gasteiger partial charge >= 0.3 is 12.1 Å². The lowest BCUT2D eigenvalue weighted by atomic mass is 9.64. The van der Waals surface area contributed by atoms with Crippen molar-refractivity contribution in [1.29, 1.82) is 0 Å². The average Bonchev–Trinajstić information content (AvgIpc) is 3.03. The summed E-state index contributed by atoms with van der Waals surface area (Å²) in [6.45, 7) is 25.4. The number of rotatable bonds is 9. The minimum absolute atomic E-state index is 0.00964. The monoisotopic (exact) mass is 659 g/mol. The molecule has 0 saturated carbocycles. The summed E-state index contributed by atoms with van der Waals surface area (Å²) in [4.78, 5) is 24.2. The van der Waals surface area contributed by atoms with E-state index in [2.05, 4.69) is 147 Å². The fraction of sp³-hybridized carbons (Fsp3) is 0.364. The third-order valence-corrected chi connectivity index (χ3v) is 9.00. The molecule has 0 bridgehead atoms. The molecule has 0 unspecified atom stereocenters. The van der Waals surface area contributed by atoms with Crippen LogP contribution in [-0.2, 0) is 31.2 Å². The SMILES string of the molecule is C=C(C)C(=O)OCCNC(=O)Oc1ccc(C(c2ccc(C(C)(C)C)cc2)(c2ccc(C(C)(C)C)cc2)c2ccc(C(C)(C)C)cc2)cc1.